The number of hydrogen-bond acceptors (Lipinski definition) is 5. The van der Waals surface area contributed by atoms with Crippen LogP contribution in [-0.4, -0.2) is 60.1 Å². The Bertz CT molecular complexity index is 804. The predicted octanol–water partition coefficient (Wildman–Crippen LogP) is 2.79. The Labute approximate surface area is 164 Å². The van der Waals surface area contributed by atoms with Crippen molar-refractivity contribution in [2.45, 2.75) is 31.7 Å². The average Bonchev–Trinajstić information content (AvgIpc) is 3.17. The van der Waals surface area contributed by atoms with Crippen molar-refractivity contribution in [3.05, 3.63) is 53.5 Å². The zero-order valence-electron chi connectivity index (χ0n) is 16.0. The largest absolute Gasteiger partial charge is 0.443 e. The summed E-state index contributed by atoms with van der Waals surface area (Å²) in [5.74, 6) is 1.13. The highest BCUT2D eigenvalue weighted by Gasteiger charge is 2.32. The lowest BCUT2D eigenvalue weighted by atomic mass is 10.0. The highest BCUT2D eigenvalue weighted by Crippen LogP contribution is 2.31. The van der Waals surface area contributed by atoms with Crippen LogP contribution in [0.1, 0.15) is 42.5 Å². The molecule has 1 atom stereocenters. The number of hydrogen-bond donors (Lipinski definition) is 0. The molecule has 0 radical (unpaired) electrons. The van der Waals surface area contributed by atoms with Crippen molar-refractivity contribution in [1.29, 1.82) is 0 Å². The fourth-order valence-corrected chi connectivity index (χ4v) is 3.93. The molecule has 7 heteroatoms. The van der Waals surface area contributed by atoms with Crippen molar-refractivity contribution >= 4 is 5.91 Å². The number of oxazole rings is 1. The van der Waals surface area contributed by atoms with Crippen LogP contribution in [0.15, 0.2) is 34.9 Å². The van der Waals surface area contributed by atoms with Crippen LogP contribution < -0.4 is 0 Å². The smallest absolute Gasteiger partial charge is 0.237 e. The molecule has 0 bridgehead atoms. The lowest BCUT2D eigenvalue weighted by Crippen LogP contribution is -2.47. The molecule has 2 aromatic rings. The molecule has 1 aromatic carbocycles. The Kier molecular flexibility index (Phi) is 6.02. The molecule has 6 nitrogen and oxygen atoms in total. The first-order valence-electron chi connectivity index (χ1n) is 9.97. The van der Waals surface area contributed by atoms with Crippen LogP contribution in [-0.2, 0) is 16.0 Å². The fraction of sp³-hybridized carbons (Fsp3) is 0.524. The van der Waals surface area contributed by atoms with Crippen LogP contribution in [0, 0.1) is 5.82 Å². The van der Waals surface area contributed by atoms with E-state index < -0.39 is 0 Å². The van der Waals surface area contributed by atoms with Crippen LogP contribution in [0.3, 0.4) is 0 Å². The van der Waals surface area contributed by atoms with Crippen LogP contribution in [0.25, 0.3) is 0 Å². The van der Waals surface area contributed by atoms with Crippen LogP contribution >= 0.6 is 0 Å². The lowest BCUT2D eigenvalue weighted by Gasteiger charge is -2.36. The number of rotatable bonds is 5. The van der Waals surface area contributed by atoms with Gasteiger partial charge in [0.1, 0.15) is 17.6 Å². The molecule has 3 heterocycles. The van der Waals surface area contributed by atoms with Crippen LogP contribution in [0.2, 0.25) is 0 Å². The number of morpholine rings is 1. The minimum atomic E-state index is -0.260. The molecular weight excluding hydrogens is 361 g/mol. The van der Waals surface area contributed by atoms with Gasteiger partial charge in [-0.15, -0.1) is 0 Å². The number of piperidine rings is 1. The highest BCUT2D eigenvalue weighted by atomic mass is 19.1. The van der Waals surface area contributed by atoms with Crippen molar-refractivity contribution in [3.63, 3.8) is 0 Å². The first-order chi connectivity index (χ1) is 13.7. The van der Waals surface area contributed by atoms with Gasteiger partial charge in [-0.25, -0.2) is 9.37 Å². The van der Waals surface area contributed by atoms with E-state index in [2.05, 4.69) is 9.88 Å². The van der Waals surface area contributed by atoms with E-state index in [1.807, 2.05) is 11.0 Å². The Morgan fingerprint density at radius 2 is 2.07 bits per heavy atom. The number of ether oxygens (including phenoxy) is 1. The van der Waals surface area contributed by atoms with E-state index in [1.54, 1.807) is 12.3 Å². The molecule has 2 fully saturated rings. The first-order valence-corrected chi connectivity index (χ1v) is 9.97. The monoisotopic (exact) mass is 387 g/mol. The van der Waals surface area contributed by atoms with Crippen molar-refractivity contribution in [3.8, 4) is 0 Å². The number of carbonyl (C=O) groups is 1. The van der Waals surface area contributed by atoms with Crippen molar-refractivity contribution < 1.29 is 18.3 Å². The molecular formula is C21H26FN3O3. The molecule has 2 aliphatic heterocycles. The van der Waals surface area contributed by atoms with Gasteiger partial charge in [-0.3, -0.25) is 9.69 Å². The molecule has 1 aromatic heterocycles. The number of carbonyl (C=O) groups excluding carboxylic acids is 1. The maximum absolute atomic E-state index is 13.4. The van der Waals surface area contributed by atoms with Gasteiger partial charge in [-0.05, 0) is 37.0 Å². The second-order valence-electron chi connectivity index (χ2n) is 7.46. The van der Waals surface area contributed by atoms with E-state index in [4.69, 9.17) is 9.15 Å². The summed E-state index contributed by atoms with van der Waals surface area (Å²) in [6.45, 7) is 4.09. The summed E-state index contributed by atoms with van der Waals surface area (Å²) in [7, 11) is 0. The molecule has 2 saturated heterocycles. The summed E-state index contributed by atoms with van der Waals surface area (Å²) in [6, 6.07) is 6.36. The SMILES string of the molecule is O=C(CN1CCOCC1)N1CCCCC1c1ncc(Cc2cccc(F)c2)o1. The molecule has 1 amide bonds. The van der Waals surface area contributed by atoms with Gasteiger partial charge in [0, 0.05) is 26.1 Å². The van der Waals surface area contributed by atoms with Gasteiger partial charge in [0.2, 0.25) is 11.8 Å². The minimum absolute atomic E-state index is 0.122. The molecule has 150 valence electrons. The van der Waals surface area contributed by atoms with E-state index in [0.717, 1.165) is 44.5 Å². The predicted molar refractivity (Wildman–Crippen MR) is 101 cm³/mol. The molecule has 0 N–H and O–H groups in total. The third kappa shape index (κ3) is 4.59. The van der Waals surface area contributed by atoms with Crippen LogP contribution in [0.5, 0.6) is 0 Å². The highest BCUT2D eigenvalue weighted by molar-refractivity contribution is 5.78. The van der Waals surface area contributed by atoms with Crippen molar-refractivity contribution in [2.24, 2.45) is 0 Å². The van der Waals surface area contributed by atoms with E-state index in [1.165, 1.54) is 12.1 Å². The van der Waals surface area contributed by atoms with Crippen molar-refractivity contribution in [1.82, 2.24) is 14.8 Å². The Morgan fingerprint density at radius 3 is 2.89 bits per heavy atom. The fourth-order valence-electron chi connectivity index (χ4n) is 3.93. The minimum Gasteiger partial charge on any atom is -0.443 e. The number of nitrogens with zero attached hydrogens (tertiary/aromatic N) is 3. The third-order valence-electron chi connectivity index (χ3n) is 5.41. The summed E-state index contributed by atoms with van der Waals surface area (Å²) in [5, 5.41) is 0. The van der Waals surface area contributed by atoms with Crippen molar-refractivity contribution in [2.75, 3.05) is 39.4 Å². The third-order valence-corrected chi connectivity index (χ3v) is 5.41. The van der Waals surface area contributed by atoms with E-state index in [-0.39, 0.29) is 17.8 Å². The van der Waals surface area contributed by atoms with Crippen LogP contribution in [0.4, 0.5) is 4.39 Å². The number of benzene rings is 1. The molecule has 4 rings (SSSR count). The maximum atomic E-state index is 13.4. The van der Waals surface area contributed by atoms with E-state index >= 15 is 0 Å². The molecule has 0 spiro atoms. The zero-order valence-corrected chi connectivity index (χ0v) is 16.0. The maximum Gasteiger partial charge on any atom is 0.237 e. The Morgan fingerprint density at radius 1 is 1.21 bits per heavy atom. The summed E-state index contributed by atoms with van der Waals surface area (Å²) >= 11 is 0. The number of likely N-dealkylation sites (tertiary alicyclic amines) is 1. The summed E-state index contributed by atoms with van der Waals surface area (Å²) in [4.78, 5) is 21.4. The summed E-state index contributed by atoms with van der Waals surface area (Å²) in [5.41, 5.74) is 0.839. The Balaban J connectivity index is 1.44. The van der Waals surface area contributed by atoms with Gasteiger partial charge in [0.05, 0.1) is 26.0 Å². The van der Waals surface area contributed by atoms with Gasteiger partial charge in [0.25, 0.3) is 0 Å². The molecule has 28 heavy (non-hydrogen) atoms. The normalized spacial score (nSPS) is 21.0. The Hall–Kier alpha value is -2.25. The molecule has 2 aliphatic rings. The molecule has 0 aliphatic carbocycles. The lowest BCUT2D eigenvalue weighted by molar-refractivity contribution is -0.137. The van der Waals surface area contributed by atoms with Gasteiger partial charge in [-0.2, -0.15) is 0 Å². The number of aromatic nitrogens is 1. The standard InChI is InChI=1S/C21H26FN3O3/c22-17-5-3-4-16(12-17)13-18-14-23-21(28-18)19-6-1-2-7-25(19)20(26)15-24-8-10-27-11-9-24/h3-5,12,14,19H,1-2,6-11,13,15H2. The number of amides is 1. The summed E-state index contributed by atoms with van der Waals surface area (Å²) < 4.78 is 24.7. The second-order valence-corrected chi connectivity index (χ2v) is 7.46. The summed E-state index contributed by atoms with van der Waals surface area (Å²) in [6.07, 6.45) is 5.09. The van der Waals surface area contributed by atoms with E-state index in [0.29, 0.717) is 37.8 Å². The molecule has 1 unspecified atom stereocenters. The van der Waals surface area contributed by atoms with Gasteiger partial charge in [0.15, 0.2) is 0 Å². The van der Waals surface area contributed by atoms with E-state index in [9.17, 15) is 9.18 Å². The average molecular weight is 387 g/mol. The van der Waals surface area contributed by atoms with Gasteiger partial charge in [-0.1, -0.05) is 12.1 Å². The van der Waals surface area contributed by atoms with Gasteiger partial charge < -0.3 is 14.1 Å². The van der Waals surface area contributed by atoms with Gasteiger partial charge >= 0.3 is 0 Å². The zero-order chi connectivity index (χ0) is 19.3. The topological polar surface area (TPSA) is 58.8 Å². The quantitative estimate of drug-likeness (QED) is 0.790. The first kappa shape index (κ1) is 19.1. The second kappa shape index (κ2) is 8.84. The number of halogens is 1. The molecule has 0 saturated carbocycles.